The van der Waals surface area contributed by atoms with E-state index in [0.29, 0.717) is 11.3 Å². The topological polar surface area (TPSA) is 49.6 Å². The fourth-order valence-electron chi connectivity index (χ4n) is 4.77. The van der Waals surface area contributed by atoms with Crippen molar-refractivity contribution in [2.75, 3.05) is 43.9 Å². The van der Waals surface area contributed by atoms with Crippen LogP contribution in [0.1, 0.15) is 15.9 Å². The molecule has 3 aliphatic rings. The third-order valence-electron chi connectivity index (χ3n) is 5.90. The number of likely N-dealkylation sites (tertiary alicyclic amines) is 1. The minimum atomic E-state index is 0.0686. The van der Waals surface area contributed by atoms with Crippen molar-refractivity contribution in [3.63, 3.8) is 0 Å². The van der Waals surface area contributed by atoms with Crippen molar-refractivity contribution in [1.82, 2.24) is 4.90 Å². The van der Waals surface area contributed by atoms with Crippen molar-refractivity contribution >= 4 is 17.2 Å². The first-order valence-electron chi connectivity index (χ1n) is 8.63. The van der Waals surface area contributed by atoms with Gasteiger partial charge in [-0.3, -0.25) is 4.79 Å². The summed E-state index contributed by atoms with van der Waals surface area (Å²) in [4.78, 5) is 17.7. The maximum absolute atomic E-state index is 12.8. The van der Waals surface area contributed by atoms with Gasteiger partial charge in [0.15, 0.2) is 5.78 Å². The van der Waals surface area contributed by atoms with Crippen LogP contribution in [0.3, 0.4) is 0 Å². The molecule has 5 rings (SSSR count). The lowest BCUT2D eigenvalue weighted by molar-refractivity contribution is 0.104. The molecule has 0 radical (unpaired) electrons. The zero-order valence-corrected chi connectivity index (χ0v) is 13.8. The number of rotatable bonds is 1. The molecule has 4 heteroatoms. The molecule has 24 heavy (non-hydrogen) atoms. The molecule has 2 atom stereocenters. The van der Waals surface area contributed by atoms with Crippen molar-refractivity contribution in [2.45, 2.75) is 0 Å². The van der Waals surface area contributed by atoms with E-state index in [9.17, 15) is 4.79 Å². The molecule has 0 aromatic heterocycles. The van der Waals surface area contributed by atoms with Gasteiger partial charge in [0.2, 0.25) is 0 Å². The van der Waals surface area contributed by atoms with Gasteiger partial charge >= 0.3 is 0 Å². The molecule has 2 aromatic carbocycles. The molecule has 1 aliphatic carbocycles. The summed E-state index contributed by atoms with van der Waals surface area (Å²) in [6, 6.07) is 12.0. The lowest BCUT2D eigenvalue weighted by atomic mass is 10.0. The van der Waals surface area contributed by atoms with Crippen molar-refractivity contribution in [2.24, 2.45) is 11.8 Å². The SMILES string of the molecule is CN1C[C@@H]2CN(c3ccc4c(c3)C(=O)c3c(N)cccc3-4)C[C@@H]2C1. The number of carbonyl (C=O) groups is 1. The van der Waals surface area contributed by atoms with Gasteiger partial charge in [-0.15, -0.1) is 0 Å². The molecule has 0 unspecified atom stereocenters. The summed E-state index contributed by atoms with van der Waals surface area (Å²) in [6.45, 7) is 4.56. The molecule has 0 saturated carbocycles. The standard InChI is InChI=1S/C20H21N3O/c1-22-8-12-10-23(11-13(12)9-22)14-5-6-15-16-3-2-4-18(21)19(16)20(24)17(15)7-14/h2-7,12-13H,8-11,21H2,1H3/t12-,13+. The molecule has 0 amide bonds. The lowest BCUT2D eigenvalue weighted by Crippen LogP contribution is -2.26. The molecule has 2 N–H and O–H groups in total. The minimum absolute atomic E-state index is 0.0686. The van der Waals surface area contributed by atoms with Crippen LogP contribution < -0.4 is 10.6 Å². The second-order valence-electron chi connectivity index (χ2n) is 7.48. The van der Waals surface area contributed by atoms with Gasteiger partial charge in [0.25, 0.3) is 0 Å². The minimum Gasteiger partial charge on any atom is -0.398 e. The zero-order chi connectivity index (χ0) is 16.4. The van der Waals surface area contributed by atoms with Gasteiger partial charge in [-0.25, -0.2) is 0 Å². The summed E-state index contributed by atoms with van der Waals surface area (Å²) in [5.74, 6) is 1.58. The maximum atomic E-state index is 12.8. The van der Waals surface area contributed by atoms with Gasteiger partial charge in [-0.1, -0.05) is 18.2 Å². The summed E-state index contributed by atoms with van der Waals surface area (Å²) in [7, 11) is 2.21. The highest BCUT2D eigenvalue weighted by molar-refractivity contribution is 6.24. The van der Waals surface area contributed by atoms with Crippen molar-refractivity contribution in [3.05, 3.63) is 47.5 Å². The molecule has 2 fully saturated rings. The van der Waals surface area contributed by atoms with Crippen LogP contribution in [0.2, 0.25) is 0 Å². The van der Waals surface area contributed by atoms with Gasteiger partial charge in [0, 0.05) is 43.1 Å². The van der Waals surface area contributed by atoms with Crippen LogP contribution >= 0.6 is 0 Å². The monoisotopic (exact) mass is 319 g/mol. The predicted octanol–water partition coefficient (Wildman–Crippen LogP) is 2.48. The molecule has 0 bridgehead atoms. The van der Waals surface area contributed by atoms with Crippen LogP contribution in [-0.4, -0.2) is 43.9 Å². The Kier molecular flexibility index (Phi) is 2.83. The number of anilines is 2. The van der Waals surface area contributed by atoms with E-state index in [2.05, 4.69) is 35.0 Å². The van der Waals surface area contributed by atoms with E-state index in [1.165, 1.54) is 18.8 Å². The number of fused-ring (bicyclic) bond motifs is 4. The van der Waals surface area contributed by atoms with E-state index in [0.717, 1.165) is 41.6 Å². The van der Waals surface area contributed by atoms with E-state index >= 15 is 0 Å². The average Bonchev–Trinajstić information content (AvgIpc) is 3.18. The molecule has 122 valence electrons. The smallest absolute Gasteiger partial charge is 0.196 e. The second-order valence-corrected chi connectivity index (χ2v) is 7.48. The quantitative estimate of drug-likeness (QED) is 0.700. The highest BCUT2D eigenvalue weighted by atomic mass is 16.1. The highest BCUT2D eigenvalue weighted by Crippen LogP contribution is 2.42. The molecule has 0 spiro atoms. The normalized spacial score (nSPS) is 25.0. The number of hydrogen-bond donors (Lipinski definition) is 1. The van der Waals surface area contributed by atoms with Crippen molar-refractivity contribution in [3.8, 4) is 11.1 Å². The van der Waals surface area contributed by atoms with Crippen LogP contribution in [-0.2, 0) is 0 Å². The first-order valence-corrected chi connectivity index (χ1v) is 8.63. The number of carbonyl (C=O) groups excluding carboxylic acids is 1. The maximum Gasteiger partial charge on any atom is 0.196 e. The number of hydrogen-bond acceptors (Lipinski definition) is 4. The third kappa shape index (κ3) is 1.86. The van der Waals surface area contributed by atoms with Crippen molar-refractivity contribution < 1.29 is 4.79 Å². The predicted molar refractivity (Wildman–Crippen MR) is 96.4 cm³/mol. The van der Waals surface area contributed by atoms with E-state index in [1.54, 1.807) is 0 Å². The Balaban J connectivity index is 1.50. The zero-order valence-electron chi connectivity index (χ0n) is 13.8. The molecule has 2 heterocycles. The number of nitrogen functional groups attached to an aromatic ring is 1. The Labute approximate surface area is 141 Å². The highest BCUT2D eigenvalue weighted by Gasteiger charge is 2.39. The van der Waals surface area contributed by atoms with Crippen LogP contribution in [0, 0.1) is 11.8 Å². The Hall–Kier alpha value is -2.33. The van der Waals surface area contributed by atoms with E-state index in [-0.39, 0.29) is 5.78 Å². The fourth-order valence-corrected chi connectivity index (χ4v) is 4.77. The van der Waals surface area contributed by atoms with Crippen LogP contribution in [0.4, 0.5) is 11.4 Å². The van der Waals surface area contributed by atoms with Gasteiger partial charge in [-0.05, 0) is 48.2 Å². The van der Waals surface area contributed by atoms with E-state index < -0.39 is 0 Å². The Morgan fingerprint density at radius 2 is 1.71 bits per heavy atom. The largest absolute Gasteiger partial charge is 0.398 e. The number of nitrogens with zero attached hydrogens (tertiary/aromatic N) is 2. The van der Waals surface area contributed by atoms with Crippen LogP contribution in [0.15, 0.2) is 36.4 Å². The van der Waals surface area contributed by atoms with Crippen molar-refractivity contribution in [1.29, 1.82) is 0 Å². The van der Waals surface area contributed by atoms with Gasteiger partial charge in [0.1, 0.15) is 0 Å². The molecular weight excluding hydrogens is 298 g/mol. The summed E-state index contributed by atoms with van der Waals surface area (Å²) in [5, 5.41) is 0. The number of nitrogens with two attached hydrogens (primary N) is 1. The molecule has 2 saturated heterocycles. The Morgan fingerprint density at radius 1 is 0.958 bits per heavy atom. The molecule has 2 aliphatic heterocycles. The Morgan fingerprint density at radius 3 is 2.46 bits per heavy atom. The van der Waals surface area contributed by atoms with E-state index in [1.807, 2.05) is 18.2 Å². The van der Waals surface area contributed by atoms with Gasteiger partial charge in [-0.2, -0.15) is 0 Å². The van der Waals surface area contributed by atoms with Gasteiger partial charge in [0.05, 0.1) is 5.56 Å². The van der Waals surface area contributed by atoms with E-state index in [4.69, 9.17) is 5.73 Å². The summed E-state index contributed by atoms with van der Waals surface area (Å²) < 4.78 is 0. The lowest BCUT2D eigenvalue weighted by Gasteiger charge is -2.22. The molecule has 2 aromatic rings. The first kappa shape index (κ1) is 14.1. The summed E-state index contributed by atoms with van der Waals surface area (Å²) in [5.41, 5.74) is 11.3. The Bertz CT molecular complexity index is 846. The average molecular weight is 319 g/mol. The van der Waals surface area contributed by atoms with Crippen LogP contribution in [0.25, 0.3) is 11.1 Å². The summed E-state index contributed by atoms with van der Waals surface area (Å²) >= 11 is 0. The third-order valence-corrected chi connectivity index (χ3v) is 5.90. The fraction of sp³-hybridized carbons (Fsp3) is 0.350. The first-order chi connectivity index (χ1) is 11.6. The molecular formula is C20H21N3O. The van der Waals surface area contributed by atoms with Gasteiger partial charge < -0.3 is 15.5 Å². The summed E-state index contributed by atoms with van der Waals surface area (Å²) in [6.07, 6.45) is 0. The number of ketones is 1. The molecule has 4 nitrogen and oxygen atoms in total. The second kappa shape index (κ2) is 4.84. The number of benzene rings is 2. The van der Waals surface area contributed by atoms with Crippen LogP contribution in [0.5, 0.6) is 0 Å².